The molecule has 0 spiro atoms. The molecule has 1 unspecified atom stereocenters. The normalized spacial score (nSPS) is 27.2. The van der Waals surface area contributed by atoms with Crippen LogP contribution in [0.1, 0.15) is 19.3 Å². The molecule has 0 bridgehead atoms. The molecule has 0 aliphatic carbocycles. The van der Waals surface area contributed by atoms with E-state index in [1.165, 1.54) is 17.9 Å². The molecule has 0 aromatic rings. The summed E-state index contributed by atoms with van der Waals surface area (Å²) in [6.45, 7) is 9.09. The molecule has 0 aromatic heterocycles. The summed E-state index contributed by atoms with van der Waals surface area (Å²) in [6.07, 6.45) is 3.11. The van der Waals surface area contributed by atoms with Crippen LogP contribution in [0.5, 0.6) is 0 Å². The van der Waals surface area contributed by atoms with Crippen LogP contribution in [0.2, 0.25) is 0 Å². The maximum atomic E-state index is 11.8. The Hall–Kier alpha value is -0.300. The molecule has 22 heavy (non-hydrogen) atoms. The van der Waals surface area contributed by atoms with Gasteiger partial charge in [0.2, 0.25) is 5.91 Å². The maximum Gasteiger partial charge on any atom is 0.222 e. The number of nitrogens with zero attached hydrogens (tertiary/aromatic N) is 3. The molecule has 3 rings (SSSR count). The van der Waals surface area contributed by atoms with Crippen molar-refractivity contribution in [2.75, 3.05) is 70.5 Å². The van der Waals surface area contributed by atoms with Crippen LogP contribution in [-0.4, -0.2) is 97.2 Å². The first kappa shape index (κ1) is 16.6. The van der Waals surface area contributed by atoms with Crippen LogP contribution in [0.3, 0.4) is 0 Å². The summed E-state index contributed by atoms with van der Waals surface area (Å²) in [5.41, 5.74) is 0. The van der Waals surface area contributed by atoms with Crippen LogP contribution in [0, 0.1) is 0 Å². The van der Waals surface area contributed by atoms with Gasteiger partial charge in [-0.2, -0.15) is 11.8 Å². The van der Waals surface area contributed by atoms with Crippen molar-refractivity contribution in [1.29, 1.82) is 0 Å². The van der Waals surface area contributed by atoms with Crippen molar-refractivity contribution >= 4 is 17.7 Å². The third-order valence-electron chi connectivity index (χ3n) is 5.06. The van der Waals surface area contributed by atoms with Crippen LogP contribution in [0.25, 0.3) is 0 Å². The highest BCUT2D eigenvalue weighted by atomic mass is 32.2. The van der Waals surface area contributed by atoms with Gasteiger partial charge in [0.1, 0.15) is 0 Å². The number of carbonyl (C=O) groups excluding carboxylic acids is 1. The zero-order valence-electron chi connectivity index (χ0n) is 13.5. The van der Waals surface area contributed by atoms with Crippen LogP contribution < -0.4 is 0 Å². The van der Waals surface area contributed by atoms with E-state index in [1.807, 2.05) is 0 Å². The molecule has 126 valence electrons. The number of thioether (sulfide) groups is 1. The highest BCUT2D eigenvalue weighted by Gasteiger charge is 2.26. The van der Waals surface area contributed by atoms with Gasteiger partial charge in [0, 0.05) is 64.0 Å². The van der Waals surface area contributed by atoms with E-state index in [2.05, 4.69) is 26.5 Å². The fourth-order valence-electron chi connectivity index (χ4n) is 3.57. The molecule has 0 radical (unpaired) electrons. The van der Waals surface area contributed by atoms with E-state index in [0.29, 0.717) is 11.9 Å². The van der Waals surface area contributed by atoms with Gasteiger partial charge in [0.05, 0.1) is 13.2 Å². The topological polar surface area (TPSA) is 36.0 Å². The van der Waals surface area contributed by atoms with Gasteiger partial charge in [-0.15, -0.1) is 0 Å². The summed E-state index contributed by atoms with van der Waals surface area (Å²) >= 11 is 2.07. The summed E-state index contributed by atoms with van der Waals surface area (Å²) in [5, 5.41) is 0. The highest BCUT2D eigenvalue weighted by molar-refractivity contribution is 7.99. The highest BCUT2D eigenvalue weighted by Crippen LogP contribution is 2.22. The third kappa shape index (κ3) is 4.60. The van der Waals surface area contributed by atoms with E-state index >= 15 is 0 Å². The summed E-state index contributed by atoms with van der Waals surface area (Å²) in [7, 11) is 0. The van der Waals surface area contributed by atoms with Crippen molar-refractivity contribution < 1.29 is 9.53 Å². The van der Waals surface area contributed by atoms with E-state index in [1.54, 1.807) is 0 Å². The lowest BCUT2D eigenvalue weighted by Gasteiger charge is -2.33. The first-order chi connectivity index (χ1) is 10.8. The molecule has 1 amide bonds. The van der Waals surface area contributed by atoms with Crippen LogP contribution in [0.15, 0.2) is 0 Å². The Morgan fingerprint density at radius 1 is 1.18 bits per heavy atom. The fourth-order valence-corrected chi connectivity index (χ4v) is 4.83. The summed E-state index contributed by atoms with van der Waals surface area (Å²) < 4.78 is 5.43. The lowest BCUT2D eigenvalue weighted by Crippen LogP contribution is -2.47. The average molecular weight is 327 g/mol. The number of hydrogen-bond acceptors (Lipinski definition) is 5. The van der Waals surface area contributed by atoms with E-state index in [9.17, 15) is 4.79 Å². The second-order valence-electron chi connectivity index (χ2n) is 6.49. The van der Waals surface area contributed by atoms with Gasteiger partial charge in [-0.1, -0.05) is 0 Å². The Kier molecular flexibility index (Phi) is 6.41. The molecule has 1 atom stereocenters. The predicted molar refractivity (Wildman–Crippen MR) is 90.4 cm³/mol. The molecule has 5 nitrogen and oxygen atoms in total. The van der Waals surface area contributed by atoms with Gasteiger partial charge in [0.25, 0.3) is 0 Å². The van der Waals surface area contributed by atoms with Crippen LogP contribution >= 0.6 is 11.8 Å². The molecule has 0 N–H and O–H groups in total. The van der Waals surface area contributed by atoms with Gasteiger partial charge in [-0.25, -0.2) is 0 Å². The number of amides is 1. The Morgan fingerprint density at radius 2 is 2.00 bits per heavy atom. The molecule has 3 fully saturated rings. The SMILES string of the molecule is O=C1CCCN1CCN(CCN1CCOCC1)C1CCSC1. The van der Waals surface area contributed by atoms with Gasteiger partial charge >= 0.3 is 0 Å². The Labute approximate surface area is 138 Å². The quantitative estimate of drug-likeness (QED) is 0.690. The number of ether oxygens (including phenoxy) is 1. The largest absolute Gasteiger partial charge is 0.379 e. The van der Waals surface area contributed by atoms with Crippen molar-refractivity contribution in [3.05, 3.63) is 0 Å². The van der Waals surface area contributed by atoms with Gasteiger partial charge < -0.3 is 9.64 Å². The zero-order valence-corrected chi connectivity index (χ0v) is 14.4. The molecular formula is C16H29N3O2S. The number of likely N-dealkylation sites (tertiary alicyclic amines) is 1. The van der Waals surface area contributed by atoms with E-state index in [4.69, 9.17) is 4.74 Å². The monoisotopic (exact) mass is 327 g/mol. The molecule has 3 aliphatic rings. The minimum atomic E-state index is 0.355. The minimum absolute atomic E-state index is 0.355. The van der Waals surface area contributed by atoms with E-state index in [0.717, 1.165) is 71.9 Å². The smallest absolute Gasteiger partial charge is 0.222 e. The molecule has 6 heteroatoms. The van der Waals surface area contributed by atoms with Gasteiger partial charge in [0.15, 0.2) is 0 Å². The molecular weight excluding hydrogens is 298 g/mol. The summed E-state index contributed by atoms with van der Waals surface area (Å²) in [4.78, 5) is 19.0. The average Bonchev–Trinajstić information content (AvgIpc) is 3.21. The Bertz CT molecular complexity index is 357. The molecule has 3 heterocycles. The first-order valence-corrected chi connectivity index (χ1v) is 9.88. The second kappa shape index (κ2) is 8.52. The van der Waals surface area contributed by atoms with Crippen molar-refractivity contribution in [2.45, 2.75) is 25.3 Å². The Balaban J connectivity index is 1.46. The number of rotatable bonds is 7. The maximum absolute atomic E-state index is 11.8. The zero-order chi connectivity index (χ0) is 15.2. The van der Waals surface area contributed by atoms with E-state index in [-0.39, 0.29) is 0 Å². The lowest BCUT2D eigenvalue weighted by molar-refractivity contribution is -0.127. The van der Waals surface area contributed by atoms with Gasteiger partial charge in [-0.05, 0) is 18.6 Å². The molecule has 0 aromatic carbocycles. The fraction of sp³-hybridized carbons (Fsp3) is 0.938. The number of carbonyl (C=O) groups is 1. The van der Waals surface area contributed by atoms with E-state index < -0.39 is 0 Å². The predicted octanol–water partition coefficient (Wildman–Crippen LogP) is 0.749. The first-order valence-electron chi connectivity index (χ1n) is 8.72. The molecule has 3 saturated heterocycles. The number of morpholine rings is 1. The standard InChI is InChI=1S/C16H29N3O2S/c20-16-2-1-4-19(16)8-7-18(15-3-13-22-14-15)6-5-17-9-11-21-12-10-17/h15H,1-14H2. The number of hydrogen-bond donors (Lipinski definition) is 0. The molecule has 3 aliphatic heterocycles. The van der Waals surface area contributed by atoms with Gasteiger partial charge in [-0.3, -0.25) is 14.6 Å². The van der Waals surface area contributed by atoms with Crippen molar-refractivity contribution in [3.63, 3.8) is 0 Å². The van der Waals surface area contributed by atoms with Crippen molar-refractivity contribution in [1.82, 2.24) is 14.7 Å². The molecule has 0 saturated carbocycles. The van der Waals surface area contributed by atoms with Crippen molar-refractivity contribution in [3.8, 4) is 0 Å². The Morgan fingerprint density at radius 3 is 2.68 bits per heavy atom. The van der Waals surface area contributed by atoms with Crippen LogP contribution in [-0.2, 0) is 9.53 Å². The lowest BCUT2D eigenvalue weighted by atomic mass is 10.2. The van der Waals surface area contributed by atoms with Crippen LogP contribution in [0.4, 0.5) is 0 Å². The third-order valence-corrected chi connectivity index (χ3v) is 6.20. The minimum Gasteiger partial charge on any atom is -0.379 e. The second-order valence-corrected chi connectivity index (χ2v) is 7.64. The van der Waals surface area contributed by atoms with Crippen molar-refractivity contribution in [2.24, 2.45) is 0 Å². The summed E-state index contributed by atoms with van der Waals surface area (Å²) in [5.74, 6) is 2.91. The summed E-state index contributed by atoms with van der Waals surface area (Å²) in [6, 6.07) is 0.712.